The summed E-state index contributed by atoms with van der Waals surface area (Å²) in [5, 5.41) is 19.0. The molecule has 16 heavy (non-hydrogen) atoms. The average Bonchev–Trinajstić information content (AvgIpc) is 2.14. The van der Waals surface area contributed by atoms with Crippen LogP contribution < -0.4 is 0 Å². The lowest BCUT2D eigenvalue weighted by atomic mass is 10.1. The zero-order chi connectivity index (χ0) is 12.5. The number of nitrogens with zero attached hydrogens (tertiary/aromatic N) is 2. The third-order valence-corrected chi connectivity index (χ3v) is 2.14. The van der Waals surface area contributed by atoms with Crippen LogP contribution in [0.15, 0.2) is 16.6 Å². The largest absolute Gasteiger partial charge is 0.423 e. The molecule has 0 atom stereocenters. The molecule has 0 aliphatic rings. The first kappa shape index (κ1) is 12.4. The number of nitriles is 1. The molecule has 1 aromatic carbocycles. The third-order valence-electron chi connectivity index (χ3n) is 1.68. The van der Waals surface area contributed by atoms with Gasteiger partial charge in [0.2, 0.25) is 0 Å². The summed E-state index contributed by atoms with van der Waals surface area (Å²) in [7, 11) is 0. The number of alkyl halides is 3. The summed E-state index contributed by atoms with van der Waals surface area (Å²) in [6.45, 7) is 0. The van der Waals surface area contributed by atoms with E-state index in [9.17, 15) is 23.3 Å². The van der Waals surface area contributed by atoms with E-state index in [1.54, 1.807) is 0 Å². The first-order chi connectivity index (χ1) is 7.27. The van der Waals surface area contributed by atoms with Crippen LogP contribution in [0.2, 0.25) is 0 Å². The molecule has 84 valence electrons. The highest BCUT2D eigenvalue weighted by Gasteiger charge is 2.40. The fourth-order valence-electron chi connectivity index (χ4n) is 1.10. The SMILES string of the molecule is N#Cc1cc(Br)cc(C(F)(F)F)c1[N+](=O)[O-]. The third kappa shape index (κ3) is 2.30. The molecule has 0 fully saturated rings. The second-order valence-corrected chi connectivity index (χ2v) is 3.63. The van der Waals surface area contributed by atoms with Crippen LogP contribution in [0.5, 0.6) is 0 Å². The van der Waals surface area contributed by atoms with Gasteiger partial charge in [-0.25, -0.2) is 0 Å². The fourth-order valence-corrected chi connectivity index (χ4v) is 1.56. The van der Waals surface area contributed by atoms with E-state index in [2.05, 4.69) is 15.9 Å². The van der Waals surface area contributed by atoms with Gasteiger partial charge < -0.3 is 0 Å². The molecule has 0 saturated carbocycles. The van der Waals surface area contributed by atoms with Crippen molar-refractivity contribution in [3.8, 4) is 6.07 Å². The van der Waals surface area contributed by atoms with Crippen LogP contribution in [-0.4, -0.2) is 4.92 Å². The summed E-state index contributed by atoms with van der Waals surface area (Å²) in [5.74, 6) is 0. The van der Waals surface area contributed by atoms with Crippen molar-refractivity contribution >= 4 is 21.6 Å². The van der Waals surface area contributed by atoms with Gasteiger partial charge in [0, 0.05) is 4.47 Å². The average molecular weight is 295 g/mol. The van der Waals surface area contributed by atoms with Gasteiger partial charge in [-0.05, 0) is 12.1 Å². The summed E-state index contributed by atoms with van der Waals surface area (Å²) in [5.41, 5.74) is -3.30. The molecule has 8 heteroatoms. The van der Waals surface area contributed by atoms with Crippen LogP contribution in [-0.2, 0) is 6.18 Å². The van der Waals surface area contributed by atoms with Crippen LogP contribution >= 0.6 is 15.9 Å². The molecule has 0 aliphatic carbocycles. The van der Waals surface area contributed by atoms with Crippen LogP contribution in [0.1, 0.15) is 11.1 Å². The molecule has 0 heterocycles. The maximum atomic E-state index is 12.5. The molecular formula is C8H2BrF3N2O2. The van der Waals surface area contributed by atoms with E-state index in [0.29, 0.717) is 6.07 Å². The molecule has 0 radical (unpaired) electrons. The Balaban J connectivity index is 3.66. The minimum absolute atomic E-state index is 0.0398. The Morgan fingerprint density at radius 2 is 2.00 bits per heavy atom. The van der Waals surface area contributed by atoms with Crippen LogP contribution in [0, 0.1) is 21.4 Å². The fraction of sp³-hybridized carbons (Fsp3) is 0.125. The molecule has 4 nitrogen and oxygen atoms in total. The van der Waals surface area contributed by atoms with Crippen molar-refractivity contribution in [3.63, 3.8) is 0 Å². The van der Waals surface area contributed by atoms with Crippen LogP contribution in [0.3, 0.4) is 0 Å². The van der Waals surface area contributed by atoms with Gasteiger partial charge in [-0.15, -0.1) is 0 Å². The standard InChI is InChI=1S/C8H2BrF3N2O2/c9-5-1-4(3-13)7(14(15)16)6(2-5)8(10,11)12/h1-2H. The smallest absolute Gasteiger partial charge is 0.258 e. The summed E-state index contributed by atoms with van der Waals surface area (Å²) in [4.78, 5) is 9.28. The molecule has 1 aromatic rings. The van der Waals surface area contributed by atoms with Crippen molar-refractivity contribution in [1.29, 1.82) is 5.26 Å². The zero-order valence-corrected chi connectivity index (χ0v) is 8.96. The number of nitro groups is 1. The molecule has 0 bridgehead atoms. The van der Waals surface area contributed by atoms with E-state index < -0.39 is 27.9 Å². The van der Waals surface area contributed by atoms with Gasteiger partial charge in [0.1, 0.15) is 17.2 Å². The predicted octanol–water partition coefficient (Wildman–Crippen LogP) is 3.25. The highest BCUT2D eigenvalue weighted by Crippen LogP contribution is 2.39. The van der Waals surface area contributed by atoms with E-state index in [4.69, 9.17) is 5.26 Å². The Labute approximate surface area is 95.6 Å². The number of nitro benzene ring substituents is 1. The van der Waals surface area contributed by atoms with Crippen molar-refractivity contribution in [1.82, 2.24) is 0 Å². The number of rotatable bonds is 1. The number of benzene rings is 1. The number of halogens is 4. The molecule has 1 rings (SSSR count). The van der Waals surface area contributed by atoms with Crippen molar-refractivity contribution < 1.29 is 18.1 Å². The lowest BCUT2D eigenvalue weighted by molar-refractivity contribution is -0.388. The minimum Gasteiger partial charge on any atom is -0.258 e. The van der Waals surface area contributed by atoms with Gasteiger partial charge in [0.25, 0.3) is 5.69 Å². The van der Waals surface area contributed by atoms with E-state index in [1.807, 2.05) is 0 Å². The van der Waals surface area contributed by atoms with Gasteiger partial charge in [-0.3, -0.25) is 10.1 Å². The van der Waals surface area contributed by atoms with Crippen molar-refractivity contribution in [3.05, 3.63) is 37.8 Å². The Kier molecular flexibility index (Phi) is 3.19. The van der Waals surface area contributed by atoms with Crippen molar-refractivity contribution in [2.45, 2.75) is 6.18 Å². The lowest BCUT2D eigenvalue weighted by Gasteiger charge is -2.08. The normalized spacial score (nSPS) is 10.9. The lowest BCUT2D eigenvalue weighted by Crippen LogP contribution is -2.10. The van der Waals surface area contributed by atoms with E-state index in [-0.39, 0.29) is 4.47 Å². The maximum absolute atomic E-state index is 12.5. The highest BCUT2D eigenvalue weighted by atomic mass is 79.9. The molecule has 0 aromatic heterocycles. The summed E-state index contributed by atoms with van der Waals surface area (Å²) in [6.07, 6.45) is -4.88. The predicted molar refractivity (Wildman–Crippen MR) is 50.5 cm³/mol. The second kappa shape index (κ2) is 4.09. The van der Waals surface area contributed by atoms with E-state index in [0.717, 1.165) is 6.07 Å². The molecule has 0 N–H and O–H groups in total. The highest BCUT2D eigenvalue weighted by molar-refractivity contribution is 9.10. The van der Waals surface area contributed by atoms with E-state index >= 15 is 0 Å². The molecule has 0 spiro atoms. The first-order valence-electron chi connectivity index (χ1n) is 3.72. The molecule has 0 amide bonds. The van der Waals surface area contributed by atoms with Gasteiger partial charge in [0.15, 0.2) is 0 Å². The minimum atomic E-state index is -4.88. The summed E-state index contributed by atoms with van der Waals surface area (Å²) < 4.78 is 37.4. The Morgan fingerprint density at radius 1 is 1.44 bits per heavy atom. The van der Waals surface area contributed by atoms with Crippen molar-refractivity contribution in [2.24, 2.45) is 0 Å². The number of hydrogen-bond acceptors (Lipinski definition) is 3. The summed E-state index contributed by atoms with van der Waals surface area (Å²) >= 11 is 2.76. The quantitative estimate of drug-likeness (QED) is 0.590. The van der Waals surface area contributed by atoms with Gasteiger partial charge in [-0.2, -0.15) is 18.4 Å². The van der Waals surface area contributed by atoms with Crippen LogP contribution in [0.4, 0.5) is 18.9 Å². The van der Waals surface area contributed by atoms with E-state index in [1.165, 1.54) is 6.07 Å². The van der Waals surface area contributed by atoms with Crippen molar-refractivity contribution in [2.75, 3.05) is 0 Å². The van der Waals surface area contributed by atoms with Crippen LogP contribution in [0.25, 0.3) is 0 Å². The Bertz CT molecular complexity index is 493. The van der Waals surface area contributed by atoms with Gasteiger partial charge in [-0.1, -0.05) is 15.9 Å². The second-order valence-electron chi connectivity index (χ2n) is 2.72. The molecule has 0 aliphatic heterocycles. The van der Waals surface area contributed by atoms with Gasteiger partial charge in [0.05, 0.1) is 4.92 Å². The monoisotopic (exact) mass is 294 g/mol. The zero-order valence-electron chi connectivity index (χ0n) is 7.38. The molecule has 0 saturated heterocycles. The molecule has 0 unspecified atom stereocenters. The summed E-state index contributed by atoms with van der Waals surface area (Å²) in [6, 6.07) is 2.89. The Morgan fingerprint density at radius 3 is 2.38 bits per heavy atom. The maximum Gasteiger partial charge on any atom is 0.423 e. The molecular weight excluding hydrogens is 293 g/mol. The van der Waals surface area contributed by atoms with Gasteiger partial charge >= 0.3 is 6.18 Å². The first-order valence-corrected chi connectivity index (χ1v) is 4.52. The Hall–Kier alpha value is -1.62. The number of hydrogen-bond donors (Lipinski definition) is 0. The topological polar surface area (TPSA) is 66.9 Å².